The van der Waals surface area contributed by atoms with Gasteiger partial charge in [-0.1, -0.05) is 0 Å². The van der Waals surface area contributed by atoms with Crippen molar-refractivity contribution in [2.75, 3.05) is 37.6 Å². The van der Waals surface area contributed by atoms with Crippen LogP contribution in [0.1, 0.15) is 19.0 Å². The summed E-state index contributed by atoms with van der Waals surface area (Å²) < 4.78 is 0. The Morgan fingerprint density at radius 1 is 1.39 bits per heavy atom. The van der Waals surface area contributed by atoms with E-state index < -0.39 is 0 Å². The fraction of sp³-hybridized carbons (Fsp3) is 0.467. The second-order valence-corrected chi connectivity index (χ2v) is 5.89. The van der Waals surface area contributed by atoms with Crippen LogP contribution in [0.15, 0.2) is 23.4 Å². The van der Waals surface area contributed by atoms with Crippen LogP contribution in [0.2, 0.25) is 0 Å². The number of hydrogen-bond donors (Lipinski definition) is 2. The van der Waals surface area contributed by atoms with E-state index in [0.29, 0.717) is 18.1 Å². The van der Waals surface area contributed by atoms with Crippen LogP contribution in [0.3, 0.4) is 0 Å². The third kappa shape index (κ3) is 3.48. The van der Waals surface area contributed by atoms with Crippen molar-refractivity contribution in [2.45, 2.75) is 13.3 Å². The smallest absolute Gasteiger partial charge is 0.223 e. The Bertz CT molecular complexity index is 641. The maximum atomic E-state index is 11.8. The number of nitrogens with zero attached hydrogens (tertiary/aromatic N) is 4. The Morgan fingerprint density at radius 3 is 2.91 bits per heavy atom. The maximum Gasteiger partial charge on any atom is 0.223 e. The van der Waals surface area contributed by atoms with E-state index in [4.69, 9.17) is 12.2 Å². The molecule has 23 heavy (non-hydrogen) atoms. The predicted molar refractivity (Wildman–Crippen MR) is 93.6 cm³/mol. The average molecular weight is 332 g/mol. The number of amides is 1. The molecule has 1 amide bonds. The first-order valence-electron chi connectivity index (χ1n) is 7.72. The molecular weight excluding hydrogens is 312 g/mol. The van der Waals surface area contributed by atoms with Crippen LogP contribution in [-0.2, 0) is 4.79 Å². The molecule has 7 nitrogen and oxygen atoms in total. The lowest BCUT2D eigenvalue weighted by molar-refractivity contribution is -0.116. The molecule has 8 heteroatoms. The largest absolute Gasteiger partial charge is 0.345 e. The number of carbonyl (C=O) groups is 1. The van der Waals surface area contributed by atoms with Gasteiger partial charge in [0, 0.05) is 52.3 Å². The van der Waals surface area contributed by atoms with E-state index in [1.807, 2.05) is 12.1 Å². The number of carbonyl (C=O) groups excluding carboxylic acids is 1. The minimum Gasteiger partial charge on any atom is -0.345 e. The van der Waals surface area contributed by atoms with Gasteiger partial charge in [0.1, 0.15) is 5.69 Å². The Hall–Kier alpha value is -2.06. The van der Waals surface area contributed by atoms with Crippen LogP contribution in [0.25, 0.3) is 0 Å². The molecule has 2 N–H and O–H groups in total. The first kappa shape index (κ1) is 15.8. The van der Waals surface area contributed by atoms with Crippen molar-refractivity contribution in [2.24, 2.45) is 5.10 Å². The molecule has 1 aromatic heterocycles. The summed E-state index contributed by atoms with van der Waals surface area (Å²) in [5.41, 5.74) is 5.36. The molecule has 1 aromatic rings. The zero-order chi connectivity index (χ0) is 16.2. The number of pyridine rings is 1. The molecular formula is C15H20N6OS. The lowest BCUT2D eigenvalue weighted by atomic mass is 10.1. The molecule has 2 aliphatic rings. The molecule has 0 spiro atoms. The van der Waals surface area contributed by atoms with Crippen molar-refractivity contribution in [1.82, 2.24) is 20.6 Å². The van der Waals surface area contributed by atoms with Crippen molar-refractivity contribution in [3.63, 3.8) is 0 Å². The molecule has 3 rings (SSSR count). The fourth-order valence-corrected chi connectivity index (χ4v) is 3.01. The van der Waals surface area contributed by atoms with Crippen LogP contribution < -0.4 is 15.6 Å². The number of aromatic nitrogens is 1. The Morgan fingerprint density at radius 2 is 2.17 bits per heavy atom. The summed E-state index contributed by atoms with van der Waals surface area (Å²) in [6.07, 6.45) is 2.37. The number of fused-ring (bicyclic) bond motifs is 1. The highest BCUT2D eigenvalue weighted by molar-refractivity contribution is 7.80. The van der Waals surface area contributed by atoms with E-state index in [2.05, 4.69) is 25.7 Å². The fourth-order valence-electron chi connectivity index (χ4n) is 2.78. The summed E-state index contributed by atoms with van der Waals surface area (Å²) in [4.78, 5) is 20.0. The van der Waals surface area contributed by atoms with Gasteiger partial charge in [0.2, 0.25) is 5.91 Å². The second-order valence-electron chi connectivity index (χ2n) is 5.50. The highest BCUT2D eigenvalue weighted by Gasteiger charge is 2.25. The Labute approximate surface area is 140 Å². The molecule has 0 bridgehead atoms. The molecule has 0 saturated carbocycles. The van der Waals surface area contributed by atoms with Gasteiger partial charge in [-0.25, -0.2) is 0 Å². The number of rotatable bonds is 1. The number of anilines is 1. The highest BCUT2D eigenvalue weighted by Crippen LogP contribution is 2.25. The minimum absolute atomic E-state index is 0.0163. The summed E-state index contributed by atoms with van der Waals surface area (Å²) in [6.45, 7) is 5.78. The van der Waals surface area contributed by atoms with Gasteiger partial charge in [0.15, 0.2) is 5.11 Å². The van der Waals surface area contributed by atoms with Gasteiger partial charge in [-0.3, -0.25) is 15.2 Å². The molecule has 0 unspecified atom stereocenters. The molecule has 2 aliphatic heterocycles. The standard InChI is InChI=1S/C15H20N6OS/c1-11(22)21-8-4-12(14-13(21)3-2-5-17-14)18-19-15(23)20-9-6-16-7-10-20/h2-3,5,16H,4,6-10H2,1H3,(H,19,23)/b18-12-. The summed E-state index contributed by atoms with van der Waals surface area (Å²) >= 11 is 5.40. The predicted octanol–water partition coefficient (Wildman–Crippen LogP) is 0.322. The first-order valence-corrected chi connectivity index (χ1v) is 8.13. The van der Waals surface area contributed by atoms with Crippen molar-refractivity contribution in [1.29, 1.82) is 0 Å². The Balaban J connectivity index is 1.76. The summed E-state index contributed by atoms with van der Waals surface area (Å²) in [5.74, 6) is 0.0163. The monoisotopic (exact) mass is 332 g/mol. The third-order valence-corrected chi connectivity index (χ3v) is 4.34. The van der Waals surface area contributed by atoms with Gasteiger partial charge < -0.3 is 15.1 Å². The molecule has 0 aromatic carbocycles. The van der Waals surface area contributed by atoms with Gasteiger partial charge in [0.25, 0.3) is 0 Å². The highest BCUT2D eigenvalue weighted by atomic mass is 32.1. The van der Waals surface area contributed by atoms with Crippen LogP contribution in [0, 0.1) is 0 Å². The van der Waals surface area contributed by atoms with Crippen LogP contribution >= 0.6 is 12.2 Å². The normalized spacial score (nSPS) is 19.4. The van der Waals surface area contributed by atoms with Crippen molar-refractivity contribution < 1.29 is 4.79 Å². The molecule has 122 valence electrons. The van der Waals surface area contributed by atoms with Crippen molar-refractivity contribution in [3.05, 3.63) is 24.0 Å². The van der Waals surface area contributed by atoms with Gasteiger partial charge in [0.05, 0.1) is 11.4 Å². The minimum atomic E-state index is 0.0163. The van der Waals surface area contributed by atoms with E-state index in [1.54, 1.807) is 18.0 Å². The summed E-state index contributed by atoms with van der Waals surface area (Å²) in [7, 11) is 0. The summed E-state index contributed by atoms with van der Waals surface area (Å²) in [5, 5.41) is 8.38. The Kier molecular flexibility index (Phi) is 4.82. The molecule has 1 fully saturated rings. The van der Waals surface area contributed by atoms with E-state index in [0.717, 1.165) is 43.3 Å². The van der Waals surface area contributed by atoms with E-state index in [1.165, 1.54) is 0 Å². The first-order chi connectivity index (χ1) is 11.2. The van der Waals surface area contributed by atoms with Crippen molar-refractivity contribution >= 4 is 34.6 Å². The van der Waals surface area contributed by atoms with Gasteiger partial charge in [-0.2, -0.15) is 5.10 Å². The lowest BCUT2D eigenvalue weighted by Gasteiger charge is -2.30. The van der Waals surface area contributed by atoms with Gasteiger partial charge >= 0.3 is 0 Å². The number of piperazine rings is 1. The number of nitrogens with one attached hydrogen (secondary N) is 2. The zero-order valence-corrected chi connectivity index (χ0v) is 13.9. The SMILES string of the molecule is CC(=O)N1CC/C(=N/NC(=S)N2CCNCC2)c2ncccc21. The lowest BCUT2D eigenvalue weighted by Crippen LogP contribution is -2.49. The second kappa shape index (κ2) is 7.01. The molecule has 0 atom stereocenters. The number of hydrazone groups is 1. The quantitative estimate of drug-likeness (QED) is 0.570. The molecule has 3 heterocycles. The zero-order valence-electron chi connectivity index (χ0n) is 13.1. The van der Waals surface area contributed by atoms with Gasteiger partial charge in [-0.05, 0) is 24.4 Å². The van der Waals surface area contributed by atoms with E-state index in [-0.39, 0.29) is 5.91 Å². The van der Waals surface area contributed by atoms with E-state index in [9.17, 15) is 4.79 Å². The van der Waals surface area contributed by atoms with Crippen LogP contribution in [0.4, 0.5) is 5.69 Å². The van der Waals surface area contributed by atoms with E-state index >= 15 is 0 Å². The maximum absolute atomic E-state index is 11.8. The number of hydrogen-bond acceptors (Lipinski definition) is 5. The number of thiocarbonyl (C=S) groups is 1. The van der Waals surface area contributed by atoms with Gasteiger partial charge in [-0.15, -0.1) is 0 Å². The van der Waals surface area contributed by atoms with Crippen LogP contribution in [0.5, 0.6) is 0 Å². The molecule has 0 aliphatic carbocycles. The van der Waals surface area contributed by atoms with Crippen molar-refractivity contribution in [3.8, 4) is 0 Å². The molecule has 0 radical (unpaired) electrons. The van der Waals surface area contributed by atoms with Crippen LogP contribution in [-0.4, -0.2) is 59.3 Å². The third-order valence-electron chi connectivity index (χ3n) is 3.99. The average Bonchev–Trinajstić information content (AvgIpc) is 2.59. The topological polar surface area (TPSA) is 72.9 Å². The molecule has 1 saturated heterocycles. The summed E-state index contributed by atoms with van der Waals surface area (Å²) in [6, 6.07) is 3.73.